The van der Waals surface area contributed by atoms with Gasteiger partial charge in [0, 0.05) is 16.6 Å². The van der Waals surface area contributed by atoms with Crippen LogP contribution in [-0.2, 0) is 11.3 Å². The molecule has 0 unspecified atom stereocenters. The lowest BCUT2D eigenvalue weighted by atomic mass is 10.1. The summed E-state index contributed by atoms with van der Waals surface area (Å²) in [4.78, 5) is 30.0. The second-order valence-electron chi connectivity index (χ2n) is 6.93. The van der Waals surface area contributed by atoms with E-state index in [1.165, 1.54) is 15.9 Å². The number of ether oxygens (including phenoxy) is 2. The van der Waals surface area contributed by atoms with Crippen LogP contribution in [0.4, 0.5) is 5.13 Å². The van der Waals surface area contributed by atoms with Gasteiger partial charge in [-0.25, -0.2) is 4.98 Å². The number of methoxy groups -OCH3 is 2. The maximum absolute atomic E-state index is 12.6. The van der Waals surface area contributed by atoms with Crippen LogP contribution in [0.2, 0.25) is 0 Å². The molecule has 2 aromatic carbocycles. The lowest BCUT2D eigenvalue weighted by Crippen LogP contribution is -2.25. The Morgan fingerprint density at radius 2 is 1.59 bits per heavy atom. The van der Waals surface area contributed by atoms with Gasteiger partial charge in [0.25, 0.3) is 0 Å². The molecule has 1 N–H and O–H groups in total. The lowest BCUT2D eigenvalue weighted by Gasteiger charge is -2.05. The van der Waals surface area contributed by atoms with E-state index in [1.807, 2.05) is 48.5 Å². The molecule has 4 aromatic rings. The average Bonchev–Trinajstić information content (AvgIpc) is 3.37. The number of thiazole rings is 2. The Morgan fingerprint density at radius 3 is 2.12 bits per heavy atom. The molecule has 0 bridgehead atoms. The number of anilines is 1. The van der Waals surface area contributed by atoms with E-state index in [4.69, 9.17) is 14.5 Å². The third-order valence-electron chi connectivity index (χ3n) is 4.87. The highest BCUT2D eigenvalue weighted by atomic mass is 32.1. The predicted molar refractivity (Wildman–Crippen MR) is 128 cm³/mol. The third-order valence-corrected chi connectivity index (χ3v) is 6.77. The molecule has 0 radical (unpaired) electrons. The predicted octanol–water partition coefficient (Wildman–Crippen LogP) is 4.66. The van der Waals surface area contributed by atoms with Crippen molar-refractivity contribution in [3.05, 3.63) is 69.3 Å². The number of benzene rings is 2. The molecule has 2 aromatic heterocycles. The monoisotopic (exact) mass is 467 g/mol. The minimum absolute atomic E-state index is 0.0521. The number of hydrogen-bond acceptors (Lipinski definition) is 7. The Kier molecular flexibility index (Phi) is 6.38. The van der Waals surface area contributed by atoms with Crippen molar-refractivity contribution in [2.45, 2.75) is 13.5 Å². The van der Waals surface area contributed by atoms with Gasteiger partial charge in [-0.15, -0.1) is 0 Å². The normalized spacial score (nSPS) is 10.7. The van der Waals surface area contributed by atoms with Crippen LogP contribution in [0.15, 0.2) is 58.7 Å². The number of aryl methyl sites for hydroxylation is 1. The van der Waals surface area contributed by atoms with Gasteiger partial charge >= 0.3 is 4.87 Å². The Balaban J connectivity index is 1.67. The summed E-state index contributed by atoms with van der Waals surface area (Å²) in [5, 5.41) is 5.05. The summed E-state index contributed by atoms with van der Waals surface area (Å²) < 4.78 is 12.0. The fraction of sp³-hybridized carbons (Fsp3) is 0.174. The van der Waals surface area contributed by atoms with E-state index < -0.39 is 0 Å². The van der Waals surface area contributed by atoms with Crippen LogP contribution in [-0.4, -0.2) is 29.7 Å². The Labute approximate surface area is 192 Å². The van der Waals surface area contributed by atoms with Gasteiger partial charge in [0.2, 0.25) is 5.91 Å². The molecular formula is C23H21N3O4S2. The molecule has 9 heteroatoms. The van der Waals surface area contributed by atoms with E-state index in [2.05, 4.69) is 5.32 Å². The largest absolute Gasteiger partial charge is 0.497 e. The number of carbonyl (C=O) groups is 1. The van der Waals surface area contributed by atoms with Crippen molar-refractivity contribution in [3.8, 4) is 33.2 Å². The summed E-state index contributed by atoms with van der Waals surface area (Å²) >= 11 is 2.46. The van der Waals surface area contributed by atoms with Crippen LogP contribution < -0.4 is 19.7 Å². The van der Waals surface area contributed by atoms with Crippen molar-refractivity contribution >= 4 is 33.7 Å². The zero-order valence-corrected chi connectivity index (χ0v) is 19.4. The van der Waals surface area contributed by atoms with Crippen LogP contribution >= 0.6 is 22.7 Å². The van der Waals surface area contributed by atoms with E-state index in [1.54, 1.807) is 26.5 Å². The van der Waals surface area contributed by atoms with Gasteiger partial charge in [0.15, 0.2) is 5.13 Å². The van der Waals surface area contributed by atoms with E-state index in [0.717, 1.165) is 50.2 Å². The number of hydrogen-bond donors (Lipinski definition) is 1. The van der Waals surface area contributed by atoms with Crippen molar-refractivity contribution in [2.75, 3.05) is 19.5 Å². The summed E-state index contributed by atoms with van der Waals surface area (Å²) in [5.41, 5.74) is 3.37. The average molecular weight is 468 g/mol. The van der Waals surface area contributed by atoms with Crippen LogP contribution in [0, 0.1) is 6.92 Å². The highest BCUT2D eigenvalue weighted by Crippen LogP contribution is 2.40. The van der Waals surface area contributed by atoms with Crippen LogP contribution in [0.3, 0.4) is 0 Å². The molecule has 0 spiro atoms. The highest BCUT2D eigenvalue weighted by molar-refractivity contribution is 7.19. The highest BCUT2D eigenvalue weighted by Gasteiger charge is 2.18. The molecule has 0 atom stereocenters. The van der Waals surface area contributed by atoms with Crippen molar-refractivity contribution in [1.82, 2.24) is 9.55 Å². The van der Waals surface area contributed by atoms with E-state index in [9.17, 15) is 9.59 Å². The molecule has 164 valence electrons. The van der Waals surface area contributed by atoms with Crippen LogP contribution in [0.25, 0.3) is 21.7 Å². The molecule has 0 saturated heterocycles. The Morgan fingerprint density at radius 1 is 1.00 bits per heavy atom. The minimum Gasteiger partial charge on any atom is -0.497 e. The minimum atomic E-state index is -0.301. The molecule has 32 heavy (non-hydrogen) atoms. The topological polar surface area (TPSA) is 82.5 Å². The summed E-state index contributed by atoms with van der Waals surface area (Å²) in [6.07, 6.45) is 0. The van der Waals surface area contributed by atoms with Crippen molar-refractivity contribution in [3.63, 3.8) is 0 Å². The molecule has 0 aliphatic heterocycles. The summed E-state index contributed by atoms with van der Waals surface area (Å²) in [7, 11) is 3.24. The standard InChI is InChI=1S/C23H21N3O4S2/c1-14-13-31-23(28)26(14)12-19(27)24-22-25-20(15-4-8-17(29-2)9-5-15)21(32-22)16-6-10-18(30-3)11-7-16/h4-11,13H,12H2,1-3H3,(H,24,25,27). The maximum Gasteiger partial charge on any atom is 0.307 e. The van der Waals surface area contributed by atoms with Crippen molar-refractivity contribution < 1.29 is 14.3 Å². The Bertz CT molecular complexity index is 1220. The number of nitrogens with one attached hydrogen (secondary N) is 1. The molecule has 4 rings (SSSR count). The number of rotatable bonds is 7. The molecule has 0 aliphatic carbocycles. The zero-order valence-electron chi connectivity index (χ0n) is 17.7. The van der Waals surface area contributed by atoms with Crippen LogP contribution in [0.5, 0.6) is 11.5 Å². The van der Waals surface area contributed by atoms with Crippen molar-refractivity contribution in [2.24, 2.45) is 0 Å². The quantitative estimate of drug-likeness (QED) is 0.427. The Hall–Kier alpha value is -3.43. The van der Waals surface area contributed by atoms with Gasteiger partial charge in [-0.3, -0.25) is 14.2 Å². The first-order valence-electron chi connectivity index (χ1n) is 9.73. The smallest absolute Gasteiger partial charge is 0.307 e. The van der Waals surface area contributed by atoms with E-state index in [-0.39, 0.29) is 17.3 Å². The summed E-state index contributed by atoms with van der Waals surface area (Å²) in [6.45, 7) is 1.75. The number of aromatic nitrogens is 2. The second-order valence-corrected chi connectivity index (χ2v) is 8.75. The molecule has 1 amide bonds. The molecule has 7 nitrogen and oxygen atoms in total. The second kappa shape index (κ2) is 9.37. The summed E-state index contributed by atoms with van der Waals surface area (Å²) in [5.74, 6) is 1.21. The third kappa shape index (κ3) is 4.58. The van der Waals surface area contributed by atoms with Gasteiger partial charge < -0.3 is 14.8 Å². The number of amides is 1. The van der Waals surface area contributed by atoms with E-state index in [0.29, 0.717) is 5.13 Å². The van der Waals surface area contributed by atoms with Gasteiger partial charge in [-0.1, -0.05) is 22.7 Å². The maximum atomic E-state index is 12.6. The first-order valence-corrected chi connectivity index (χ1v) is 11.4. The molecular weight excluding hydrogens is 446 g/mol. The van der Waals surface area contributed by atoms with Gasteiger partial charge in [0.1, 0.15) is 18.0 Å². The molecule has 0 fully saturated rings. The first kappa shape index (κ1) is 21.8. The fourth-order valence-corrected chi connectivity index (χ4v) is 4.90. The van der Waals surface area contributed by atoms with Crippen molar-refractivity contribution in [1.29, 1.82) is 0 Å². The van der Waals surface area contributed by atoms with E-state index >= 15 is 0 Å². The van der Waals surface area contributed by atoms with Gasteiger partial charge in [0.05, 0.1) is 24.8 Å². The SMILES string of the molecule is COc1ccc(-c2nc(NC(=O)Cn3c(C)csc3=O)sc2-c2ccc(OC)cc2)cc1. The number of carbonyl (C=O) groups excluding carboxylic acids is 1. The zero-order chi connectivity index (χ0) is 22.7. The summed E-state index contributed by atoms with van der Waals surface area (Å²) in [6, 6.07) is 15.3. The fourth-order valence-electron chi connectivity index (χ4n) is 3.15. The van der Waals surface area contributed by atoms with Gasteiger partial charge in [-0.2, -0.15) is 0 Å². The van der Waals surface area contributed by atoms with Crippen LogP contribution in [0.1, 0.15) is 5.69 Å². The first-order chi connectivity index (χ1) is 15.5. The van der Waals surface area contributed by atoms with Gasteiger partial charge in [-0.05, 0) is 61.0 Å². The molecule has 0 aliphatic rings. The molecule has 0 saturated carbocycles. The molecule has 2 heterocycles. The lowest BCUT2D eigenvalue weighted by molar-refractivity contribution is -0.116. The number of nitrogens with zero attached hydrogens (tertiary/aromatic N) is 2.